The van der Waals surface area contributed by atoms with Gasteiger partial charge >= 0.3 is 6.09 Å². The molecule has 4 rings (SSSR count). The first kappa shape index (κ1) is 19.6. The fourth-order valence-corrected chi connectivity index (χ4v) is 4.53. The van der Waals surface area contributed by atoms with E-state index in [1.807, 2.05) is 16.7 Å². The molecule has 1 atom stereocenters. The predicted molar refractivity (Wildman–Crippen MR) is 103 cm³/mol. The third kappa shape index (κ3) is 4.33. The lowest BCUT2D eigenvalue weighted by atomic mass is 9.73. The van der Waals surface area contributed by atoms with Crippen molar-refractivity contribution in [1.82, 2.24) is 24.7 Å². The predicted octanol–water partition coefficient (Wildman–Crippen LogP) is 0.968. The molecule has 29 heavy (non-hydrogen) atoms. The Morgan fingerprint density at radius 2 is 2.00 bits per heavy atom. The fraction of sp³-hybridized carbons (Fsp3) is 0.650. The summed E-state index contributed by atoms with van der Waals surface area (Å²) in [6, 6.07) is 0. The van der Waals surface area contributed by atoms with Gasteiger partial charge in [0.15, 0.2) is 0 Å². The van der Waals surface area contributed by atoms with Gasteiger partial charge in [0.1, 0.15) is 13.2 Å². The number of carbonyl (C=O) groups excluding carboxylic acids is 3. The molecule has 9 nitrogen and oxygen atoms in total. The van der Waals surface area contributed by atoms with Crippen LogP contribution in [-0.2, 0) is 20.9 Å². The second-order valence-corrected chi connectivity index (χ2v) is 8.35. The molecule has 3 fully saturated rings. The zero-order valence-electron chi connectivity index (χ0n) is 16.8. The Morgan fingerprint density at radius 1 is 1.14 bits per heavy atom. The van der Waals surface area contributed by atoms with Crippen LogP contribution < -0.4 is 0 Å². The average Bonchev–Trinajstić information content (AvgIpc) is 3.11. The van der Waals surface area contributed by atoms with Crippen molar-refractivity contribution >= 4 is 17.9 Å². The van der Waals surface area contributed by atoms with Crippen molar-refractivity contribution in [2.45, 2.75) is 39.2 Å². The van der Waals surface area contributed by atoms with Gasteiger partial charge in [0.2, 0.25) is 11.8 Å². The van der Waals surface area contributed by atoms with Crippen LogP contribution in [0, 0.1) is 12.3 Å². The van der Waals surface area contributed by atoms with Gasteiger partial charge in [-0.2, -0.15) is 0 Å². The van der Waals surface area contributed by atoms with Gasteiger partial charge in [-0.3, -0.25) is 24.5 Å². The van der Waals surface area contributed by atoms with Crippen LogP contribution in [0.25, 0.3) is 0 Å². The molecule has 1 unspecified atom stereocenters. The van der Waals surface area contributed by atoms with Gasteiger partial charge in [0, 0.05) is 37.7 Å². The third-order valence-corrected chi connectivity index (χ3v) is 6.12. The van der Waals surface area contributed by atoms with Crippen LogP contribution in [0.1, 0.15) is 37.1 Å². The van der Waals surface area contributed by atoms with E-state index in [2.05, 4.69) is 9.97 Å². The molecule has 1 spiro atoms. The van der Waals surface area contributed by atoms with Crippen LogP contribution in [-0.4, -0.2) is 81.9 Å². The highest BCUT2D eigenvalue weighted by molar-refractivity contribution is 5.83. The highest BCUT2D eigenvalue weighted by Crippen LogP contribution is 2.39. The van der Waals surface area contributed by atoms with Crippen molar-refractivity contribution in [2.24, 2.45) is 5.41 Å². The van der Waals surface area contributed by atoms with Gasteiger partial charge in [0.05, 0.1) is 30.7 Å². The summed E-state index contributed by atoms with van der Waals surface area (Å²) in [6.07, 6.45) is 6.18. The minimum atomic E-state index is -0.418. The Kier molecular flexibility index (Phi) is 5.38. The molecule has 9 heteroatoms. The zero-order valence-corrected chi connectivity index (χ0v) is 16.8. The van der Waals surface area contributed by atoms with Gasteiger partial charge in [-0.05, 0) is 26.2 Å². The molecule has 156 valence electrons. The molecule has 1 aromatic heterocycles. The Labute approximate surface area is 170 Å². The summed E-state index contributed by atoms with van der Waals surface area (Å²) in [7, 11) is 0. The molecule has 0 saturated carbocycles. The number of rotatable bonds is 4. The number of nitrogens with zero attached hydrogens (tertiary/aromatic N) is 5. The molecule has 0 aromatic carbocycles. The van der Waals surface area contributed by atoms with E-state index in [9.17, 15) is 14.4 Å². The Morgan fingerprint density at radius 3 is 2.72 bits per heavy atom. The van der Waals surface area contributed by atoms with Crippen molar-refractivity contribution in [1.29, 1.82) is 0 Å². The van der Waals surface area contributed by atoms with E-state index in [1.54, 1.807) is 12.4 Å². The lowest BCUT2D eigenvalue weighted by molar-refractivity contribution is -0.144. The van der Waals surface area contributed by atoms with Crippen molar-refractivity contribution in [2.75, 3.05) is 39.3 Å². The number of aromatic nitrogens is 2. The van der Waals surface area contributed by atoms with Crippen molar-refractivity contribution in [3.05, 3.63) is 23.8 Å². The number of piperidine rings is 2. The molecular weight excluding hydrogens is 374 g/mol. The highest BCUT2D eigenvalue weighted by atomic mass is 16.6. The van der Waals surface area contributed by atoms with E-state index >= 15 is 0 Å². The Bertz CT molecular complexity index is 799. The number of hydrogen-bond donors (Lipinski definition) is 0. The quantitative estimate of drug-likeness (QED) is 0.746. The first-order valence-electron chi connectivity index (χ1n) is 10.2. The summed E-state index contributed by atoms with van der Waals surface area (Å²) in [5, 5.41) is 0. The molecule has 3 aliphatic heterocycles. The SMILES string of the molecule is Cc1cnc(CN2CC3(CCCN(C(=O)CN4CCOC4=O)C3)CCC2=O)cn1. The maximum atomic E-state index is 12.8. The van der Waals surface area contributed by atoms with Gasteiger partial charge < -0.3 is 14.5 Å². The summed E-state index contributed by atoms with van der Waals surface area (Å²) >= 11 is 0. The molecular formula is C20H27N5O4. The Balaban J connectivity index is 1.41. The summed E-state index contributed by atoms with van der Waals surface area (Å²) in [4.78, 5) is 50.7. The number of cyclic esters (lactones) is 1. The van der Waals surface area contributed by atoms with E-state index in [4.69, 9.17) is 4.74 Å². The molecule has 3 saturated heterocycles. The van der Waals surface area contributed by atoms with Gasteiger partial charge in [0.25, 0.3) is 0 Å². The molecule has 0 aliphatic carbocycles. The van der Waals surface area contributed by atoms with E-state index < -0.39 is 6.09 Å². The standard InChI is InChI=1S/C20H27N5O4/c1-15-9-22-16(10-21-15)11-25-14-20(5-3-17(25)26)4-2-6-24(13-20)18(27)12-23-7-8-29-19(23)28/h9-10H,2-8,11-14H2,1H3. The van der Waals surface area contributed by atoms with Crippen LogP contribution in [0.4, 0.5) is 4.79 Å². The first-order chi connectivity index (χ1) is 13.9. The maximum Gasteiger partial charge on any atom is 0.410 e. The van der Waals surface area contributed by atoms with Crippen LogP contribution in [0.5, 0.6) is 0 Å². The van der Waals surface area contributed by atoms with Crippen molar-refractivity contribution in [3.63, 3.8) is 0 Å². The lowest BCUT2D eigenvalue weighted by Gasteiger charge is -2.48. The van der Waals surface area contributed by atoms with E-state index in [1.165, 1.54) is 4.90 Å². The van der Waals surface area contributed by atoms with E-state index in [-0.39, 0.29) is 23.8 Å². The molecule has 3 amide bonds. The average molecular weight is 401 g/mol. The minimum absolute atomic E-state index is 0.0456. The maximum absolute atomic E-state index is 12.8. The van der Waals surface area contributed by atoms with E-state index in [0.29, 0.717) is 45.8 Å². The fourth-order valence-electron chi connectivity index (χ4n) is 4.53. The smallest absolute Gasteiger partial charge is 0.410 e. The molecule has 4 heterocycles. The largest absolute Gasteiger partial charge is 0.448 e. The number of aryl methyl sites for hydroxylation is 1. The molecule has 0 radical (unpaired) electrons. The van der Waals surface area contributed by atoms with Crippen LogP contribution in [0.2, 0.25) is 0 Å². The summed E-state index contributed by atoms with van der Waals surface area (Å²) < 4.78 is 4.91. The molecule has 0 N–H and O–H groups in total. The summed E-state index contributed by atoms with van der Waals surface area (Å²) in [6.45, 7) is 5.14. The van der Waals surface area contributed by atoms with Crippen LogP contribution in [0.15, 0.2) is 12.4 Å². The van der Waals surface area contributed by atoms with Gasteiger partial charge in [-0.15, -0.1) is 0 Å². The number of amides is 3. The summed E-state index contributed by atoms with van der Waals surface area (Å²) in [5.41, 5.74) is 1.53. The third-order valence-electron chi connectivity index (χ3n) is 6.12. The highest BCUT2D eigenvalue weighted by Gasteiger charge is 2.43. The molecule has 1 aromatic rings. The second-order valence-electron chi connectivity index (χ2n) is 8.35. The first-order valence-corrected chi connectivity index (χ1v) is 10.2. The van der Waals surface area contributed by atoms with Gasteiger partial charge in [-0.1, -0.05) is 0 Å². The Hall–Kier alpha value is -2.71. The lowest BCUT2D eigenvalue weighted by Crippen LogP contribution is -2.56. The van der Waals surface area contributed by atoms with Crippen molar-refractivity contribution < 1.29 is 19.1 Å². The van der Waals surface area contributed by atoms with Crippen LogP contribution >= 0.6 is 0 Å². The van der Waals surface area contributed by atoms with Gasteiger partial charge in [-0.25, -0.2) is 4.79 Å². The van der Waals surface area contributed by atoms with Crippen molar-refractivity contribution in [3.8, 4) is 0 Å². The second kappa shape index (κ2) is 7.96. The molecule has 0 bridgehead atoms. The summed E-state index contributed by atoms with van der Waals surface area (Å²) in [5.74, 6) is 0.0806. The van der Waals surface area contributed by atoms with Crippen LogP contribution in [0.3, 0.4) is 0 Å². The number of carbonyl (C=O) groups is 3. The monoisotopic (exact) mass is 401 g/mol. The molecule has 3 aliphatic rings. The topological polar surface area (TPSA) is 95.9 Å². The minimum Gasteiger partial charge on any atom is -0.448 e. The van der Waals surface area contributed by atoms with E-state index in [0.717, 1.165) is 30.7 Å². The zero-order chi connectivity index (χ0) is 20.4. The normalized spacial score (nSPS) is 24.9. The number of hydrogen-bond acceptors (Lipinski definition) is 6. The number of ether oxygens (including phenoxy) is 1. The number of likely N-dealkylation sites (tertiary alicyclic amines) is 2.